The number of benzene rings is 2. The molecule has 0 spiro atoms. The summed E-state index contributed by atoms with van der Waals surface area (Å²) in [4.78, 5) is 22.2. The Bertz CT molecular complexity index is 837. The Balaban J connectivity index is 1.79. The van der Waals surface area contributed by atoms with Crippen molar-refractivity contribution in [2.75, 3.05) is 17.3 Å². The van der Waals surface area contributed by atoms with Crippen molar-refractivity contribution in [2.24, 2.45) is 0 Å². The molecule has 0 aliphatic rings. The van der Waals surface area contributed by atoms with Crippen LogP contribution in [0.15, 0.2) is 67.0 Å². The van der Waals surface area contributed by atoms with E-state index in [1.54, 1.807) is 25.2 Å². The number of nitrogens with one attached hydrogen (secondary N) is 1. The minimum Gasteiger partial charge on any atom is -0.340 e. The third kappa shape index (κ3) is 3.55. The highest BCUT2D eigenvalue weighted by atomic mass is 19.1. The zero-order chi connectivity index (χ0) is 16.9. The molecule has 24 heavy (non-hydrogen) atoms. The molecule has 0 saturated carbocycles. The van der Waals surface area contributed by atoms with Crippen LogP contribution in [0.25, 0.3) is 0 Å². The van der Waals surface area contributed by atoms with E-state index in [0.717, 1.165) is 5.69 Å². The Morgan fingerprint density at radius 1 is 1.04 bits per heavy atom. The molecular formula is C18H15FN4O. The zero-order valence-electron chi connectivity index (χ0n) is 13.0. The minimum atomic E-state index is -0.316. The summed E-state index contributed by atoms with van der Waals surface area (Å²) in [5.74, 6) is -0.101. The van der Waals surface area contributed by atoms with Crippen molar-refractivity contribution in [3.8, 4) is 0 Å². The monoisotopic (exact) mass is 322 g/mol. The third-order valence-electron chi connectivity index (χ3n) is 3.45. The molecule has 120 valence electrons. The van der Waals surface area contributed by atoms with Crippen molar-refractivity contribution in [3.63, 3.8) is 0 Å². The second kappa shape index (κ2) is 6.87. The van der Waals surface area contributed by atoms with E-state index in [1.807, 2.05) is 30.3 Å². The lowest BCUT2D eigenvalue weighted by Crippen LogP contribution is -2.27. The Morgan fingerprint density at radius 3 is 2.46 bits per heavy atom. The molecule has 0 fully saturated rings. The molecule has 0 radical (unpaired) electrons. The number of amides is 1. The summed E-state index contributed by atoms with van der Waals surface area (Å²) >= 11 is 0. The summed E-state index contributed by atoms with van der Waals surface area (Å²) in [6.07, 6.45) is 1.32. The molecule has 0 bridgehead atoms. The number of aromatic nitrogens is 2. The molecule has 0 aliphatic heterocycles. The number of hydrogen-bond donors (Lipinski definition) is 1. The molecule has 3 rings (SSSR count). The first kappa shape index (κ1) is 15.6. The van der Waals surface area contributed by atoms with E-state index in [9.17, 15) is 9.18 Å². The van der Waals surface area contributed by atoms with Gasteiger partial charge in [0.1, 0.15) is 23.7 Å². The molecule has 0 saturated heterocycles. The molecule has 1 amide bonds. The summed E-state index contributed by atoms with van der Waals surface area (Å²) in [5.41, 5.74) is 1.71. The van der Waals surface area contributed by atoms with Crippen molar-refractivity contribution < 1.29 is 9.18 Å². The van der Waals surface area contributed by atoms with Crippen molar-refractivity contribution in [1.29, 1.82) is 0 Å². The van der Waals surface area contributed by atoms with Crippen LogP contribution in [-0.2, 0) is 0 Å². The molecule has 3 aromatic rings. The second-order valence-electron chi connectivity index (χ2n) is 5.12. The van der Waals surface area contributed by atoms with Crippen molar-refractivity contribution in [3.05, 3.63) is 78.5 Å². The molecule has 2 aromatic carbocycles. The van der Waals surface area contributed by atoms with Gasteiger partial charge in [-0.1, -0.05) is 18.2 Å². The van der Waals surface area contributed by atoms with Crippen LogP contribution >= 0.6 is 0 Å². The number of rotatable bonds is 4. The molecule has 0 aliphatic carbocycles. The van der Waals surface area contributed by atoms with E-state index in [4.69, 9.17) is 0 Å². The van der Waals surface area contributed by atoms with Gasteiger partial charge in [0.2, 0.25) is 0 Å². The predicted molar refractivity (Wildman–Crippen MR) is 90.9 cm³/mol. The number of hydrogen-bond acceptors (Lipinski definition) is 4. The average Bonchev–Trinajstić information content (AvgIpc) is 2.63. The first-order valence-corrected chi connectivity index (χ1v) is 7.31. The number of carbonyl (C=O) groups is 1. The number of anilines is 3. The molecule has 1 aromatic heterocycles. The molecule has 6 heteroatoms. The first-order chi connectivity index (χ1) is 11.6. The van der Waals surface area contributed by atoms with Gasteiger partial charge in [0.05, 0.1) is 0 Å². The quantitative estimate of drug-likeness (QED) is 0.797. The van der Waals surface area contributed by atoms with E-state index < -0.39 is 0 Å². The van der Waals surface area contributed by atoms with Gasteiger partial charge < -0.3 is 10.2 Å². The average molecular weight is 322 g/mol. The van der Waals surface area contributed by atoms with Gasteiger partial charge in [0, 0.05) is 24.5 Å². The molecule has 0 atom stereocenters. The molecule has 1 N–H and O–H groups in total. The van der Waals surface area contributed by atoms with Gasteiger partial charge in [-0.05, 0) is 36.4 Å². The minimum absolute atomic E-state index is 0.245. The summed E-state index contributed by atoms with van der Waals surface area (Å²) in [5, 5.41) is 3.02. The number of nitrogens with zero attached hydrogens (tertiary/aromatic N) is 3. The fraction of sp³-hybridized carbons (Fsp3) is 0.0556. The fourth-order valence-electron chi connectivity index (χ4n) is 2.16. The van der Waals surface area contributed by atoms with Crippen LogP contribution in [0.5, 0.6) is 0 Å². The van der Waals surface area contributed by atoms with Gasteiger partial charge >= 0.3 is 0 Å². The van der Waals surface area contributed by atoms with Crippen molar-refractivity contribution >= 4 is 23.1 Å². The van der Waals surface area contributed by atoms with Gasteiger partial charge in [0.25, 0.3) is 5.91 Å². The maximum Gasteiger partial charge on any atom is 0.276 e. The van der Waals surface area contributed by atoms with E-state index in [1.165, 1.54) is 23.4 Å². The summed E-state index contributed by atoms with van der Waals surface area (Å²) in [6, 6.07) is 16.7. The third-order valence-corrected chi connectivity index (χ3v) is 3.45. The van der Waals surface area contributed by atoms with Crippen LogP contribution in [0.2, 0.25) is 0 Å². The predicted octanol–water partition coefficient (Wildman–Crippen LogP) is 3.64. The molecule has 0 unspecified atom stereocenters. The highest BCUT2D eigenvalue weighted by Crippen LogP contribution is 2.17. The van der Waals surface area contributed by atoms with Crippen molar-refractivity contribution in [2.45, 2.75) is 0 Å². The van der Waals surface area contributed by atoms with E-state index >= 15 is 0 Å². The van der Waals surface area contributed by atoms with E-state index in [0.29, 0.717) is 11.5 Å². The van der Waals surface area contributed by atoms with Crippen LogP contribution in [-0.4, -0.2) is 22.9 Å². The van der Waals surface area contributed by atoms with Crippen LogP contribution in [0, 0.1) is 5.82 Å². The summed E-state index contributed by atoms with van der Waals surface area (Å²) in [6.45, 7) is 0. The lowest BCUT2D eigenvalue weighted by atomic mass is 10.2. The number of para-hydroxylation sites is 1. The van der Waals surface area contributed by atoms with Crippen LogP contribution in [0.3, 0.4) is 0 Å². The van der Waals surface area contributed by atoms with Gasteiger partial charge in [-0.25, -0.2) is 14.4 Å². The smallest absolute Gasteiger partial charge is 0.276 e. The lowest BCUT2D eigenvalue weighted by Gasteiger charge is -2.17. The maximum absolute atomic E-state index is 12.9. The Morgan fingerprint density at radius 2 is 1.75 bits per heavy atom. The summed E-state index contributed by atoms with van der Waals surface area (Å²) < 4.78 is 12.9. The number of halogens is 1. The second-order valence-corrected chi connectivity index (χ2v) is 5.12. The summed E-state index contributed by atoms with van der Waals surface area (Å²) in [7, 11) is 1.69. The fourth-order valence-corrected chi connectivity index (χ4v) is 2.16. The molecule has 1 heterocycles. The van der Waals surface area contributed by atoms with Crippen molar-refractivity contribution in [1.82, 2.24) is 9.97 Å². The first-order valence-electron chi connectivity index (χ1n) is 7.31. The van der Waals surface area contributed by atoms with Gasteiger partial charge in [-0.2, -0.15) is 0 Å². The van der Waals surface area contributed by atoms with Gasteiger partial charge in [0.15, 0.2) is 0 Å². The Hall–Kier alpha value is -3.28. The zero-order valence-corrected chi connectivity index (χ0v) is 13.0. The number of carbonyl (C=O) groups excluding carboxylic acids is 1. The Kier molecular flexibility index (Phi) is 4.47. The van der Waals surface area contributed by atoms with Crippen LogP contribution < -0.4 is 10.2 Å². The maximum atomic E-state index is 12.9. The molecular weight excluding hydrogens is 307 g/mol. The highest BCUT2D eigenvalue weighted by Gasteiger charge is 2.15. The largest absolute Gasteiger partial charge is 0.340 e. The molecule has 5 nitrogen and oxygen atoms in total. The Labute approximate surface area is 138 Å². The SMILES string of the molecule is CN(C(=O)c1cc(Nc2ccc(F)cc2)ncn1)c1ccccc1. The van der Waals surface area contributed by atoms with Crippen LogP contribution in [0.4, 0.5) is 21.6 Å². The highest BCUT2D eigenvalue weighted by molar-refractivity contribution is 6.04. The lowest BCUT2D eigenvalue weighted by molar-refractivity contribution is 0.0988. The normalized spacial score (nSPS) is 10.2. The van der Waals surface area contributed by atoms with Crippen LogP contribution in [0.1, 0.15) is 10.5 Å². The standard InChI is InChI=1S/C18H15FN4O/c1-23(15-5-3-2-4-6-15)18(24)16-11-17(21-12-20-16)22-14-9-7-13(19)8-10-14/h2-12H,1H3,(H,20,21,22). The van der Waals surface area contributed by atoms with Gasteiger partial charge in [-0.3, -0.25) is 4.79 Å². The van der Waals surface area contributed by atoms with Gasteiger partial charge in [-0.15, -0.1) is 0 Å². The van der Waals surface area contributed by atoms with E-state index in [-0.39, 0.29) is 17.4 Å². The van der Waals surface area contributed by atoms with E-state index in [2.05, 4.69) is 15.3 Å². The topological polar surface area (TPSA) is 58.1 Å².